The van der Waals surface area contributed by atoms with Crippen LogP contribution in [0.4, 0.5) is 5.95 Å². The topological polar surface area (TPSA) is 69.6 Å². The molecule has 0 spiro atoms. The maximum absolute atomic E-state index is 10.9. The van der Waals surface area contributed by atoms with Gasteiger partial charge in [-0.3, -0.25) is 0 Å². The van der Waals surface area contributed by atoms with E-state index in [1.807, 2.05) is 26.0 Å². The molecule has 1 rings (SSSR count). The summed E-state index contributed by atoms with van der Waals surface area (Å²) in [6, 6.07) is 0. The Morgan fingerprint density at radius 2 is 2.00 bits per heavy atom. The van der Waals surface area contributed by atoms with Crippen molar-refractivity contribution in [1.82, 2.24) is 14.9 Å². The van der Waals surface area contributed by atoms with Gasteiger partial charge >= 0.3 is 5.97 Å². The van der Waals surface area contributed by atoms with E-state index in [4.69, 9.17) is 5.11 Å². The number of carboxylic acid groups (broad SMARTS) is 1. The molecule has 100 valence electrons. The minimum atomic E-state index is -0.991. The Kier molecular flexibility index (Phi) is 5.03. The Balaban J connectivity index is 2.66. The first-order chi connectivity index (χ1) is 8.41. The smallest absolute Gasteiger partial charge is 0.339 e. The lowest BCUT2D eigenvalue weighted by Gasteiger charge is -2.18. The van der Waals surface area contributed by atoms with Gasteiger partial charge in [-0.05, 0) is 34.0 Å². The summed E-state index contributed by atoms with van der Waals surface area (Å²) in [6.07, 6.45) is 2.37. The lowest BCUT2D eigenvalue weighted by molar-refractivity contribution is 0.0695. The molecule has 0 aromatic carbocycles. The van der Waals surface area contributed by atoms with Crippen LogP contribution in [-0.4, -0.2) is 60.2 Å². The normalized spacial score (nSPS) is 10.7. The Morgan fingerprint density at radius 3 is 2.50 bits per heavy atom. The molecule has 0 atom stereocenters. The molecule has 0 unspecified atom stereocenters. The van der Waals surface area contributed by atoms with Crippen molar-refractivity contribution in [3.05, 3.63) is 17.5 Å². The van der Waals surface area contributed by atoms with E-state index in [9.17, 15) is 4.79 Å². The molecule has 6 heteroatoms. The molecule has 0 bridgehead atoms. The quantitative estimate of drug-likeness (QED) is 0.810. The van der Waals surface area contributed by atoms with Crippen LogP contribution >= 0.6 is 0 Å². The molecule has 0 amide bonds. The summed E-state index contributed by atoms with van der Waals surface area (Å²) in [4.78, 5) is 23.2. The third kappa shape index (κ3) is 3.96. The number of nitrogens with zero attached hydrogens (tertiary/aromatic N) is 4. The molecule has 0 saturated heterocycles. The SMILES string of the molecule is Cc1nc(N(C)CCCN(C)C)ncc1C(=O)O. The third-order valence-corrected chi connectivity index (χ3v) is 2.64. The van der Waals surface area contributed by atoms with Crippen molar-refractivity contribution in [3.8, 4) is 0 Å². The van der Waals surface area contributed by atoms with Crippen LogP contribution in [-0.2, 0) is 0 Å². The summed E-state index contributed by atoms with van der Waals surface area (Å²) >= 11 is 0. The monoisotopic (exact) mass is 252 g/mol. The third-order valence-electron chi connectivity index (χ3n) is 2.64. The molecular weight excluding hydrogens is 232 g/mol. The van der Waals surface area contributed by atoms with Gasteiger partial charge in [0.15, 0.2) is 0 Å². The maximum atomic E-state index is 10.9. The molecular formula is C12H20N4O2. The second-order valence-corrected chi connectivity index (χ2v) is 4.55. The molecule has 18 heavy (non-hydrogen) atoms. The van der Waals surface area contributed by atoms with Crippen LogP contribution in [0.25, 0.3) is 0 Å². The highest BCUT2D eigenvalue weighted by Gasteiger charge is 2.11. The van der Waals surface area contributed by atoms with Gasteiger partial charge in [-0.1, -0.05) is 0 Å². The van der Waals surface area contributed by atoms with E-state index in [0.717, 1.165) is 19.5 Å². The highest BCUT2D eigenvalue weighted by atomic mass is 16.4. The first kappa shape index (κ1) is 14.4. The predicted octanol–water partition coefficient (Wildman–Crippen LogP) is 0.871. The molecule has 1 aromatic heterocycles. The van der Waals surface area contributed by atoms with Gasteiger partial charge in [-0.2, -0.15) is 0 Å². The number of rotatable bonds is 6. The number of aromatic carboxylic acids is 1. The predicted molar refractivity (Wildman–Crippen MR) is 70.2 cm³/mol. The van der Waals surface area contributed by atoms with Crippen LogP contribution in [0.1, 0.15) is 22.5 Å². The van der Waals surface area contributed by atoms with E-state index >= 15 is 0 Å². The summed E-state index contributed by atoms with van der Waals surface area (Å²) in [5, 5.41) is 8.90. The van der Waals surface area contributed by atoms with Gasteiger partial charge < -0.3 is 14.9 Å². The Morgan fingerprint density at radius 1 is 1.33 bits per heavy atom. The number of anilines is 1. The van der Waals surface area contributed by atoms with E-state index in [1.165, 1.54) is 6.20 Å². The first-order valence-corrected chi connectivity index (χ1v) is 5.84. The summed E-state index contributed by atoms with van der Waals surface area (Å²) in [5.41, 5.74) is 0.646. The maximum Gasteiger partial charge on any atom is 0.339 e. The van der Waals surface area contributed by atoms with Gasteiger partial charge in [0.1, 0.15) is 0 Å². The number of hydrogen-bond donors (Lipinski definition) is 1. The standard InChI is InChI=1S/C12H20N4O2/c1-9-10(11(17)18)8-13-12(14-9)16(4)7-5-6-15(2)3/h8H,5-7H2,1-4H3,(H,17,18). The van der Waals surface area contributed by atoms with Crippen molar-refractivity contribution < 1.29 is 9.90 Å². The van der Waals surface area contributed by atoms with Gasteiger partial charge in [0, 0.05) is 19.8 Å². The van der Waals surface area contributed by atoms with Crippen molar-refractivity contribution in [2.45, 2.75) is 13.3 Å². The van der Waals surface area contributed by atoms with Gasteiger partial charge in [0.05, 0.1) is 11.3 Å². The largest absolute Gasteiger partial charge is 0.478 e. The minimum absolute atomic E-state index is 0.153. The Bertz CT molecular complexity index is 421. The van der Waals surface area contributed by atoms with Gasteiger partial charge in [0.2, 0.25) is 5.95 Å². The number of aryl methyl sites for hydroxylation is 1. The van der Waals surface area contributed by atoms with Crippen molar-refractivity contribution in [3.63, 3.8) is 0 Å². The van der Waals surface area contributed by atoms with Crippen LogP contribution in [0.3, 0.4) is 0 Å². The second-order valence-electron chi connectivity index (χ2n) is 4.55. The fourth-order valence-corrected chi connectivity index (χ4v) is 1.57. The average Bonchev–Trinajstić information content (AvgIpc) is 2.27. The number of aromatic nitrogens is 2. The van der Waals surface area contributed by atoms with E-state index in [0.29, 0.717) is 11.6 Å². The van der Waals surface area contributed by atoms with Crippen molar-refractivity contribution in [2.75, 3.05) is 39.1 Å². The fraction of sp³-hybridized carbons (Fsp3) is 0.583. The second kappa shape index (κ2) is 6.30. The molecule has 1 aromatic rings. The number of carbonyl (C=O) groups is 1. The van der Waals surface area contributed by atoms with E-state index in [2.05, 4.69) is 14.9 Å². The van der Waals surface area contributed by atoms with Crippen LogP contribution in [0.15, 0.2) is 6.20 Å². The molecule has 0 radical (unpaired) electrons. The Hall–Kier alpha value is -1.69. The van der Waals surface area contributed by atoms with Gasteiger partial charge in [-0.15, -0.1) is 0 Å². The average molecular weight is 252 g/mol. The molecule has 0 aliphatic rings. The van der Waals surface area contributed by atoms with E-state index < -0.39 is 5.97 Å². The van der Waals surface area contributed by atoms with Gasteiger partial charge in [0.25, 0.3) is 0 Å². The first-order valence-electron chi connectivity index (χ1n) is 5.84. The summed E-state index contributed by atoms with van der Waals surface area (Å²) < 4.78 is 0. The highest BCUT2D eigenvalue weighted by Crippen LogP contribution is 2.10. The molecule has 0 saturated carbocycles. The van der Waals surface area contributed by atoms with E-state index in [1.54, 1.807) is 6.92 Å². The zero-order valence-corrected chi connectivity index (χ0v) is 11.3. The molecule has 0 aliphatic heterocycles. The molecule has 0 aliphatic carbocycles. The summed E-state index contributed by atoms with van der Waals surface area (Å²) in [5.74, 6) is -0.425. The number of carboxylic acids is 1. The van der Waals surface area contributed by atoms with Crippen molar-refractivity contribution in [2.24, 2.45) is 0 Å². The molecule has 0 fully saturated rings. The zero-order valence-electron chi connectivity index (χ0n) is 11.3. The van der Waals surface area contributed by atoms with Crippen molar-refractivity contribution >= 4 is 11.9 Å². The zero-order chi connectivity index (χ0) is 13.7. The fourth-order valence-electron chi connectivity index (χ4n) is 1.57. The van der Waals surface area contributed by atoms with Crippen LogP contribution < -0.4 is 4.90 Å². The highest BCUT2D eigenvalue weighted by molar-refractivity contribution is 5.88. The lowest BCUT2D eigenvalue weighted by Crippen LogP contribution is -2.25. The van der Waals surface area contributed by atoms with E-state index in [-0.39, 0.29) is 5.56 Å². The molecule has 1 heterocycles. The molecule has 1 N–H and O–H groups in total. The Labute approximate surface area is 107 Å². The van der Waals surface area contributed by atoms with Crippen LogP contribution in [0.2, 0.25) is 0 Å². The summed E-state index contributed by atoms with van der Waals surface area (Å²) in [6.45, 7) is 3.52. The lowest BCUT2D eigenvalue weighted by atomic mass is 10.2. The number of hydrogen-bond acceptors (Lipinski definition) is 5. The summed E-state index contributed by atoms with van der Waals surface area (Å²) in [7, 11) is 5.97. The van der Waals surface area contributed by atoms with Crippen LogP contribution in [0.5, 0.6) is 0 Å². The minimum Gasteiger partial charge on any atom is -0.478 e. The molecule has 6 nitrogen and oxygen atoms in total. The van der Waals surface area contributed by atoms with Crippen molar-refractivity contribution in [1.29, 1.82) is 0 Å². The van der Waals surface area contributed by atoms with Gasteiger partial charge in [-0.25, -0.2) is 14.8 Å². The van der Waals surface area contributed by atoms with Crippen LogP contribution in [0, 0.1) is 6.92 Å².